The molecule has 0 unspecified atom stereocenters. The van der Waals surface area contributed by atoms with Crippen molar-refractivity contribution in [2.24, 2.45) is 0 Å². The summed E-state index contributed by atoms with van der Waals surface area (Å²) in [7, 11) is -2.09. The Kier molecular flexibility index (Phi) is 6.75. The van der Waals surface area contributed by atoms with E-state index in [1.54, 1.807) is 0 Å². The van der Waals surface area contributed by atoms with Crippen molar-refractivity contribution in [2.75, 3.05) is 0 Å². The molecule has 0 fully saturated rings. The standard InChI is InChI=1S/C52H36N4Si/c1-57(2)48-24-14-11-21-39(48)40-27-28-41-49(33-15-5-3-6-16-33)53-52(54-50(41)51(40)57)56-45-23-13-10-20-38(45)43-32-35(26-30-47(43)56)34-25-29-46-42(31-34)37-19-9-12-22-44(37)55(46)36-17-7-4-8-18-36/h3-32H,1-2H3. The molecule has 57 heavy (non-hydrogen) atoms. The largest absolute Gasteiger partial charge is 0.309 e. The summed E-state index contributed by atoms with van der Waals surface area (Å²) in [6.07, 6.45) is 0. The Morgan fingerprint density at radius 3 is 1.67 bits per heavy atom. The lowest BCUT2D eigenvalue weighted by Crippen LogP contribution is -2.49. The highest BCUT2D eigenvalue weighted by atomic mass is 28.3. The molecule has 4 heterocycles. The van der Waals surface area contributed by atoms with Crippen LogP contribution in [-0.4, -0.2) is 27.2 Å². The van der Waals surface area contributed by atoms with Crippen molar-refractivity contribution in [3.8, 4) is 45.1 Å². The third-order valence-electron chi connectivity index (χ3n) is 12.3. The fourth-order valence-corrected chi connectivity index (χ4v) is 13.1. The first kappa shape index (κ1) is 32.2. The Hall–Kier alpha value is -7.08. The number of benzene rings is 8. The minimum absolute atomic E-state index is 0.699. The van der Waals surface area contributed by atoms with Gasteiger partial charge in [0.2, 0.25) is 5.95 Å². The summed E-state index contributed by atoms with van der Waals surface area (Å²) in [5.41, 5.74) is 13.9. The number of hydrogen-bond donors (Lipinski definition) is 0. The highest BCUT2D eigenvalue weighted by Gasteiger charge is 2.39. The van der Waals surface area contributed by atoms with Crippen LogP contribution in [0.2, 0.25) is 13.1 Å². The second-order valence-corrected chi connectivity index (χ2v) is 20.1. The third-order valence-corrected chi connectivity index (χ3v) is 15.9. The van der Waals surface area contributed by atoms with E-state index in [0.29, 0.717) is 5.95 Å². The quantitative estimate of drug-likeness (QED) is 0.168. The Morgan fingerprint density at radius 2 is 0.965 bits per heavy atom. The molecule has 3 aromatic heterocycles. The van der Waals surface area contributed by atoms with Gasteiger partial charge in [-0.05, 0) is 87.2 Å². The number of fused-ring (bicyclic) bond motifs is 11. The normalized spacial score (nSPS) is 13.2. The van der Waals surface area contributed by atoms with Gasteiger partial charge in [-0.1, -0.05) is 140 Å². The molecule has 0 saturated heterocycles. The van der Waals surface area contributed by atoms with Crippen molar-refractivity contribution in [2.45, 2.75) is 13.1 Å². The second-order valence-electron chi connectivity index (χ2n) is 15.8. The number of para-hydroxylation sites is 3. The molecule has 1 aliphatic heterocycles. The summed E-state index contributed by atoms with van der Waals surface area (Å²) >= 11 is 0. The molecule has 11 aromatic rings. The van der Waals surface area contributed by atoms with Gasteiger partial charge in [-0.25, -0.2) is 9.97 Å². The number of rotatable bonds is 4. The molecule has 0 radical (unpaired) electrons. The zero-order valence-corrected chi connectivity index (χ0v) is 32.6. The lowest BCUT2D eigenvalue weighted by molar-refractivity contribution is 1.01. The summed E-state index contributed by atoms with van der Waals surface area (Å²) in [6.45, 7) is 4.94. The Morgan fingerprint density at radius 1 is 0.404 bits per heavy atom. The van der Waals surface area contributed by atoms with Gasteiger partial charge in [0.25, 0.3) is 0 Å². The minimum atomic E-state index is -2.09. The monoisotopic (exact) mass is 744 g/mol. The lowest BCUT2D eigenvalue weighted by Gasteiger charge is -2.21. The van der Waals surface area contributed by atoms with Crippen LogP contribution < -0.4 is 10.4 Å². The van der Waals surface area contributed by atoms with E-state index >= 15 is 0 Å². The third kappa shape index (κ3) is 4.60. The van der Waals surface area contributed by atoms with Gasteiger partial charge < -0.3 is 4.57 Å². The van der Waals surface area contributed by atoms with E-state index in [0.717, 1.165) is 38.9 Å². The number of nitrogens with zero attached hydrogens (tertiary/aromatic N) is 4. The molecule has 1 aliphatic rings. The fraction of sp³-hybridized carbons (Fsp3) is 0.0385. The molecule has 0 N–H and O–H groups in total. The van der Waals surface area contributed by atoms with Gasteiger partial charge in [0, 0.05) is 38.2 Å². The Balaban J connectivity index is 1.09. The van der Waals surface area contributed by atoms with Crippen LogP contribution in [0.4, 0.5) is 0 Å². The van der Waals surface area contributed by atoms with Crippen LogP contribution in [0.1, 0.15) is 0 Å². The van der Waals surface area contributed by atoms with Crippen molar-refractivity contribution in [1.29, 1.82) is 0 Å². The highest BCUT2D eigenvalue weighted by Crippen LogP contribution is 2.40. The predicted octanol–water partition coefficient (Wildman–Crippen LogP) is 12.0. The van der Waals surface area contributed by atoms with Gasteiger partial charge in [-0.3, -0.25) is 4.57 Å². The number of hydrogen-bond acceptors (Lipinski definition) is 2. The van der Waals surface area contributed by atoms with Crippen LogP contribution >= 0.6 is 0 Å². The fourth-order valence-electron chi connectivity index (χ4n) is 9.73. The second kappa shape index (κ2) is 12.0. The molecule has 0 spiro atoms. The minimum Gasteiger partial charge on any atom is -0.309 e. The van der Waals surface area contributed by atoms with Crippen LogP contribution in [0.5, 0.6) is 0 Å². The lowest BCUT2D eigenvalue weighted by atomic mass is 10.0. The molecular weight excluding hydrogens is 709 g/mol. The maximum Gasteiger partial charge on any atom is 0.235 e. The summed E-state index contributed by atoms with van der Waals surface area (Å²) in [5, 5.41) is 8.83. The molecule has 0 saturated carbocycles. The molecule has 5 heteroatoms. The SMILES string of the molecule is C[Si]1(C)c2ccccc2-c2ccc3c(-c4ccccc4)nc(-n4c5ccccc5c5cc(-c6ccc7c(c6)c6ccccc6n7-c6ccccc6)ccc54)nc3c21. The van der Waals surface area contributed by atoms with Gasteiger partial charge in [-0.2, -0.15) is 0 Å². The summed E-state index contributed by atoms with van der Waals surface area (Å²) in [4.78, 5) is 11.1. The van der Waals surface area contributed by atoms with E-state index in [-0.39, 0.29) is 0 Å². The molecule has 8 aromatic carbocycles. The van der Waals surface area contributed by atoms with Crippen molar-refractivity contribution >= 4 is 73.0 Å². The van der Waals surface area contributed by atoms with Gasteiger partial charge in [-0.15, -0.1) is 0 Å². The van der Waals surface area contributed by atoms with Crippen LogP contribution in [0, 0.1) is 0 Å². The molecule has 0 aliphatic carbocycles. The van der Waals surface area contributed by atoms with E-state index in [2.05, 4.69) is 204 Å². The smallest absolute Gasteiger partial charge is 0.235 e. The van der Waals surface area contributed by atoms with Crippen LogP contribution in [0.15, 0.2) is 182 Å². The van der Waals surface area contributed by atoms with E-state index in [1.807, 2.05) is 0 Å². The summed E-state index contributed by atoms with van der Waals surface area (Å²) in [6, 6.07) is 66.0. The van der Waals surface area contributed by atoms with Gasteiger partial charge in [0.15, 0.2) is 0 Å². The zero-order valence-electron chi connectivity index (χ0n) is 31.6. The Labute approximate surface area is 331 Å². The van der Waals surface area contributed by atoms with Crippen LogP contribution in [0.25, 0.3) is 99.7 Å². The van der Waals surface area contributed by atoms with Crippen LogP contribution in [0.3, 0.4) is 0 Å². The molecule has 12 rings (SSSR count). The van der Waals surface area contributed by atoms with Gasteiger partial charge in [0.1, 0.15) is 8.07 Å². The Bertz CT molecular complexity index is 3430. The van der Waals surface area contributed by atoms with Crippen molar-refractivity contribution < 1.29 is 0 Å². The first-order valence-corrected chi connectivity index (χ1v) is 22.7. The maximum atomic E-state index is 5.61. The van der Waals surface area contributed by atoms with Crippen molar-refractivity contribution in [1.82, 2.24) is 19.1 Å². The topological polar surface area (TPSA) is 35.6 Å². The highest BCUT2D eigenvalue weighted by molar-refractivity contribution is 7.05. The van der Waals surface area contributed by atoms with Gasteiger partial charge >= 0.3 is 0 Å². The van der Waals surface area contributed by atoms with Crippen molar-refractivity contribution in [3.63, 3.8) is 0 Å². The van der Waals surface area contributed by atoms with Gasteiger partial charge in [0.05, 0.1) is 33.3 Å². The average molecular weight is 745 g/mol. The first-order chi connectivity index (χ1) is 28.0. The van der Waals surface area contributed by atoms with E-state index in [4.69, 9.17) is 9.97 Å². The predicted molar refractivity (Wildman–Crippen MR) is 241 cm³/mol. The zero-order chi connectivity index (χ0) is 37.8. The number of aromatic nitrogens is 4. The van der Waals surface area contributed by atoms with Crippen molar-refractivity contribution in [3.05, 3.63) is 182 Å². The molecule has 0 amide bonds. The molecule has 0 atom stereocenters. The van der Waals surface area contributed by atoms with E-state index in [9.17, 15) is 0 Å². The van der Waals surface area contributed by atoms with E-state index in [1.165, 1.54) is 65.2 Å². The molecule has 4 nitrogen and oxygen atoms in total. The van der Waals surface area contributed by atoms with Crippen LogP contribution in [-0.2, 0) is 0 Å². The molecule has 0 bridgehead atoms. The summed E-state index contributed by atoms with van der Waals surface area (Å²) < 4.78 is 4.66. The average Bonchev–Trinajstić information content (AvgIpc) is 3.86. The maximum absolute atomic E-state index is 5.61. The molecule has 268 valence electrons. The van der Waals surface area contributed by atoms with E-state index < -0.39 is 8.07 Å². The first-order valence-electron chi connectivity index (χ1n) is 19.7. The summed E-state index contributed by atoms with van der Waals surface area (Å²) in [5.74, 6) is 0.699. The molecular formula is C52H36N4Si.